The highest BCUT2D eigenvalue weighted by molar-refractivity contribution is 7.47. The molecule has 1 unspecified atom stereocenters. The predicted octanol–water partition coefficient (Wildman–Crippen LogP) is 9.74. The van der Waals surface area contributed by atoms with Crippen molar-refractivity contribution in [3.8, 4) is 0 Å². The molecule has 0 radical (unpaired) electrons. The fourth-order valence-electron chi connectivity index (χ4n) is 5.65. The monoisotopic (exact) mass is 866 g/mol. The van der Waals surface area contributed by atoms with Crippen molar-refractivity contribution >= 4 is 19.8 Å². The number of nitrogens with two attached hydrogens (primary N) is 1. The number of allylic oxidation sites excluding steroid dienone is 11. The van der Waals surface area contributed by atoms with Gasteiger partial charge in [0.15, 0.2) is 6.10 Å². The molecular weight excluding hydrogens is 785 g/mol. The van der Waals surface area contributed by atoms with Crippen LogP contribution in [0.1, 0.15) is 149 Å². The van der Waals surface area contributed by atoms with Gasteiger partial charge >= 0.3 is 19.8 Å². The molecule has 0 saturated heterocycles. The Labute approximate surface area is 362 Å². The number of aliphatic hydroxyl groups is 3. The standard InChI is InChI=1S/C47H80NO11P/c1-3-5-7-8-9-10-11-12-13-14-15-16-17-18-19-20-21-26-30-36-47(53)59-43(41-58-60(54,55)57-39-38-48)40-56-46(52)37-31-35-45(51)44(50)34-29-25-23-22-24-28-33-42(49)32-27-6-4-2/h6,9-10,12-13,22-25,27-29,33-34,42-45,49-51H,3-5,7-8,11,14-21,26,30-32,35-41,48H2,1-2H3,(H,54,55)/b10-9-,13-12-,24-22+,25-23-,27-6-,33-28+,34-29-/t42-,43-,44+,45+/m1/s1. The molecule has 0 aromatic carbocycles. The number of hydrogen-bond donors (Lipinski definition) is 5. The van der Waals surface area contributed by atoms with E-state index in [1.807, 2.05) is 19.1 Å². The van der Waals surface area contributed by atoms with Crippen LogP contribution in [-0.4, -0.2) is 82.9 Å². The van der Waals surface area contributed by atoms with E-state index in [2.05, 4.69) is 31.2 Å². The lowest BCUT2D eigenvalue weighted by Gasteiger charge is -2.20. The zero-order chi connectivity index (χ0) is 44.4. The van der Waals surface area contributed by atoms with Crippen LogP contribution in [0, 0.1) is 0 Å². The van der Waals surface area contributed by atoms with Crippen molar-refractivity contribution in [3.05, 3.63) is 85.1 Å². The van der Waals surface area contributed by atoms with Crippen molar-refractivity contribution in [2.45, 2.75) is 173 Å². The lowest BCUT2D eigenvalue weighted by molar-refractivity contribution is -0.161. The molecule has 6 N–H and O–H groups in total. The number of esters is 2. The van der Waals surface area contributed by atoms with Crippen molar-refractivity contribution in [1.82, 2.24) is 0 Å². The minimum absolute atomic E-state index is 0.000820. The largest absolute Gasteiger partial charge is 0.472 e. The molecule has 13 heteroatoms. The number of phosphoric acid groups is 1. The number of unbranched alkanes of at least 4 members (excludes halogenated alkanes) is 12. The molecule has 0 aromatic rings. The second-order valence-electron chi connectivity index (χ2n) is 14.7. The molecule has 344 valence electrons. The predicted molar refractivity (Wildman–Crippen MR) is 242 cm³/mol. The Kier molecular flexibility index (Phi) is 39.4. The fourth-order valence-corrected chi connectivity index (χ4v) is 6.42. The molecule has 0 rings (SSSR count). The van der Waals surface area contributed by atoms with Crippen LogP contribution >= 0.6 is 7.82 Å². The Bertz CT molecular complexity index is 1310. The summed E-state index contributed by atoms with van der Waals surface area (Å²) in [4.78, 5) is 35.0. The molecule has 0 aliphatic carbocycles. The molecule has 0 aromatic heterocycles. The Balaban J connectivity index is 4.46. The maximum absolute atomic E-state index is 12.6. The number of hydrogen-bond acceptors (Lipinski definition) is 11. The number of ether oxygens (including phenoxy) is 2. The zero-order valence-electron chi connectivity index (χ0n) is 36.7. The van der Waals surface area contributed by atoms with E-state index in [1.165, 1.54) is 57.4 Å². The first-order valence-corrected chi connectivity index (χ1v) is 23.9. The Hall–Kier alpha value is -2.93. The van der Waals surface area contributed by atoms with Gasteiger partial charge in [-0.15, -0.1) is 0 Å². The molecular formula is C47H80NO11P. The van der Waals surface area contributed by atoms with Crippen LogP contribution in [0.3, 0.4) is 0 Å². The number of carbonyl (C=O) groups excluding carboxylic acids is 2. The molecule has 5 atom stereocenters. The Morgan fingerprint density at radius 3 is 1.87 bits per heavy atom. The Morgan fingerprint density at radius 2 is 1.23 bits per heavy atom. The summed E-state index contributed by atoms with van der Waals surface area (Å²) < 4.78 is 32.6. The van der Waals surface area contributed by atoms with Crippen molar-refractivity contribution in [1.29, 1.82) is 0 Å². The highest BCUT2D eigenvalue weighted by Gasteiger charge is 2.26. The maximum atomic E-state index is 12.6. The van der Waals surface area contributed by atoms with Crippen molar-refractivity contribution in [2.75, 3.05) is 26.4 Å². The van der Waals surface area contributed by atoms with Gasteiger partial charge in [-0.3, -0.25) is 18.6 Å². The fraction of sp³-hybridized carbons (Fsp3) is 0.660. The SMILES string of the molecule is CC/C=C\C[C@@H](O)/C=C/C=C/C=C\C=C/[C@H](O)[C@@H](O)CCCC(=O)OC[C@H](COP(=O)(O)OCCN)OC(=O)CCCCCCCCCCC/C=C\C/C=C\CCCCC. The number of carbonyl (C=O) groups is 2. The van der Waals surface area contributed by atoms with Crippen LogP contribution in [0.2, 0.25) is 0 Å². The van der Waals surface area contributed by atoms with Gasteiger partial charge in [0.2, 0.25) is 0 Å². The normalized spacial score (nSPS) is 15.7. The van der Waals surface area contributed by atoms with E-state index in [9.17, 15) is 34.4 Å². The summed E-state index contributed by atoms with van der Waals surface area (Å²) in [6.07, 6.45) is 41.3. The molecule has 0 aliphatic heterocycles. The van der Waals surface area contributed by atoms with E-state index >= 15 is 0 Å². The molecule has 0 spiro atoms. The van der Waals surface area contributed by atoms with Gasteiger partial charge in [-0.1, -0.05) is 157 Å². The third-order valence-corrected chi connectivity index (χ3v) is 10.1. The van der Waals surface area contributed by atoms with E-state index in [4.69, 9.17) is 24.3 Å². The first-order valence-electron chi connectivity index (χ1n) is 22.4. The van der Waals surface area contributed by atoms with E-state index in [0.717, 1.165) is 44.9 Å². The van der Waals surface area contributed by atoms with E-state index in [0.29, 0.717) is 12.8 Å². The molecule has 60 heavy (non-hydrogen) atoms. The summed E-state index contributed by atoms with van der Waals surface area (Å²) in [5.74, 6) is -1.17. The third kappa shape index (κ3) is 39.2. The van der Waals surface area contributed by atoms with Gasteiger partial charge in [0, 0.05) is 19.4 Å². The smallest absolute Gasteiger partial charge is 0.462 e. The van der Waals surface area contributed by atoms with Crippen LogP contribution in [0.4, 0.5) is 0 Å². The Morgan fingerprint density at radius 1 is 0.650 bits per heavy atom. The van der Waals surface area contributed by atoms with Crippen LogP contribution in [0.25, 0.3) is 0 Å². The maximum Gasteiger partial charge on any atom is 0.472 e. The second kappa shape index (κ2) is 41.4. The number of aliphatic hydroxyl groups excluding tert-OH is 3. The lowest BCUT2D eigenvalue weighted by atomic mass is 10.1. The topological polar surface area (TPSA) is 195 Å². The average molecular weight is 866 g/mol. The highest BCUT2D eigenvalue weighted by Crippen LogP contribution is 2.43. The van der Waals surface area contributed by atoms with Crippen LogP contribution in [0.15, 0.2) is 85.1 Å². The summed E-state index contributed by atoms with van der Waals surface area (Å²) >= 11 is 0. The van der Waals surface area contributed by atoms with E-state index < -0.39 is 57.4 Å². The zero-order valence-corrected chi connectivity index (χ0v) is 37.6. The van der Waals surface area contributed by atoms with Gasteiger partial charge in [-0.05, 0) is 64.2 Å². The molecule has 0 aliphatic rings. The molecule has 0 heterocycles. The molecule has 0 amide bonds. The molecule has 12 nitrogen and oxygen atoms in total. The molecule has 0 fully saturated rings. The van der Waals surface area contributed by atoms with Gasteiger partial charge < -0.3 is 35.4 Å². The highest BCUT2D eigenvalue weighted by atomic mass is 31.2. The van der Waals surface area contributed by atoms with Crippen molar-refractivity contribution < 1.29 is 52.9 Å². The second-order valence-corrected chi connectivity index (χ2v) is 16.2. The van der Waals surface area contributed by atoms with Crippen molar-refractivity contribution in [2.24, 2.45) is 5.73 Å². The van der Waals surface area contributed by atoms with Gasteiger partial charge in [0.1, 0.15) is 6.61 Å². The average Bonchev–Trinajstić information content (AvgIpc) is 3.22. The minimum Gasteiger partial charge on any atom is -0.462 e. The van der Waals surface area contributed by atoms with Gasteiger partial charge in [-0.2, -0.15) is 0 Å². The van der Waals surface area contributed by atoms with E-state index in [1.54, 1.807) is 42.5 Å². The van der Waals surface area contributed by atoms with E-state index in [-0.39, 0.29) is 38.8 Å². The summed E-state index contributed by atoms with van der Waals surface area (Å²) in [6.45, 7) is 3.10. The van der Waals surface area contributed by atoms with Crippen LogP contribution < -0.4 is 5.73 Å². The van der Waals surface area contributed by atoms with Crippen LogP contribution in [-0.2, 0) is 32.7 Å². The number of phosphoric ester groups is 1. The van der Waals surface area contributed by atoms with Gasteiger partial charge in [-0.25, -0.2) is 4.57 Å². The van der Waals surface area contributed by atoms with Crippen LogP contribution in [0.5, 0.6) is 0 Å². The quantitative estimate of drug-likeness (QED) is 0.0129. The third-order valence-electron chi connectivity index (χ3n) is 9.11. The summed E-state index contributed by atoms with van der Waals surface area (Å²) in [5, 5.41) is 30.4. The minimum atomic E-state index is -4.47. The summed E-state index contributed by atoms with van der Waals surface area (Å²) in [5.41, 5.74) is 5.33. The first kappa shape index (κ1) is 57.1. The van der Waals surface area contributed by atoms with Gasteiger partial charge in [0.05, 0.1) is 31.5 Å². The number of rotatable bonds is 40. The summed E-state index contributed by atoms with van der Waals surface area (Å²) in [7, 11) is -4.47. The molecule has 0 saturated carbocycles. The lowest BCUT2D eigenvalue weighted by Crippen LogP contribution is -2.30. The van der Waals surface area contributed by atoms with Crippen molar-refractivity contribution in [3.63, 3.8) is 0 Å². The van der Waals surface area contributed by atoms with Gasteiger partial charge in [0.25, 0.3) is 0 Å². The first-order chi connectivity index (χ1) is 29.0. The summed E-state index contributed by atoms with van der Waals surface area (Å²) in [6, 6.07) is 0. The molecule has 0 bridgehead atoms.